The van der Waals surface area contributed by atoms with Crippen molar-refractivity contribution in [1.29, 1.82) is 0 Å². The van der Waals surface area contributed by atoms with Gasteiger partial charge in [0.15, 0.2) is 0 Å². The minimum absolute atomic E-state index is 0.226. The maximum absolute atomic E-state index is 13.2. The van der Waals surface area contributed by atoms with Crippen molar-refractivity contribution in [2.75, 3.05) is 30.8 Å². The Labute approximate surface area is 171 Å². The number of anilines is 1. The van der Waals surface area contributed by atoms with Crippen molar-refractivity contribution in [3.63, 3.8) is 0 Å². The number of carbonyl (C=O) groups is 2. The molecule has 0 radical (unpaired) electrons. The summed E-state index contributed by atoms with van der Waals surface area (Å²) in [4.78, 5) is 26.5. The maximum Gasteiger partial charge on any atom is 0.308 e. The summed E-state index contributed by atoms with van der Waals surface area (Å²) < 4.78 is 31.0. The van der Waals surface area contributed by atoms with Gasteiger partial charge in [0.05, 0.1) is 25.0 Å². The van der Waals surface area contributed by atoms with Crippen molar-refractivity contribution >= 4 is 39.2 Å². The quantitative estimate of drug-likeness (QED) is 0.647. The van der Waals surface area contributed by atoms with Gasteiger partial charge >= 0.3 is 5.97 Å². The fourth-order valence-electron chi connectivity index (χ4n) is 3.48. The number of ether oxygens (including phenoxy) is 1. The van der Waals surface area contributed by atoms with E-state index in [1.54, 1.807) is 30.0 Å². The molecule has 7 nitrogen and oxygen atoms in total. The molecule has 1 aliphatic heterocycles. The molecule has 156 valence electrons. The number of carbonyl (C=O) groups excluding carboxylic acids is 2. The fraction of sp³-hybridized carbons (Fsp3) is 0.579. The van der Waals surface area contributed by atoms with Gasteiger partial charge in [0.25, 0.3) is 0 Å². The molecular formula is C19H27ClN2O5S. The molecule has 1 aromatic carbocycles. The standard InChI is InChI=1S/C19H27ClN2O5S/c1-5-17(18(23)21-10-8-14(9-11-21)19(24)27-3)22(28(4,25)26)15-7-6-13(2)16(20)12-15/h6-7,12,14,17H,5,8-11H2,1-4H3. The number of rotatable bonds is 6. The molecule has 1 unspecified atom stereocenters. The van der Waals surface area contributed by atoms with Crippen molar-refractivity contribution in [3.05, 3.63) is 28.8 Å². The lowest BCUT2D eigenvalue weighted by Crippen LogP contribution is -2.52. The van der Waals surface area contributed by atoms with E-state index in [-0.39, 0.29) is 17.8 Å². The Hall–Kier alpha value is -1.80. The second-order valence-corrected chi connectivity index (χ2v) is 9.31. The molecule has 0 N–H and O–H groups in total. The SMILES string of the molecule is CCC(C(=O)N1CCC(C(=O)OC)CC1)N(c1ccc(C)c(Cl)c1)S(C)(=O)=O. The number of hydrogen-bond acceptors (Lipinski definition) is 5. The smallest absolute Gasteiger partial charge is 0.308 e. The number of likely N-dealkylation sites (tertiary alicyclic amines) is 1. The van der Waals surface area contributed by atoms with E-state index in [0.717, 1.165) is 16.1 Å². The highest BCUT2D eigenvalue weighted by Gasteiger charge is 2.36. The molecule has 1 saturated heterocycles. The summed E-state index contributed by atoms with van der Waals surface area (Å²) in [6.07, 6.45) is 2.41. The highest BCUT2D eigenvalue weighted by molar-refractivity contribution is 7.92. The first-order chi connectivity index (χ1) is 13.1. The van der Waals surface area contributed by atoms with Crippen LogP contribution in [-0.4, -0.2) is 57.7 Å². The Bertz CT molecular complexity index is 835. The van der Waals surface area contributed by atoms with Crippen LogP contribution in [0.4, 0.5) is 5.69 Å². The number of esters is 1. The number of nitrogens with zero attached hydrogens (tertiary/aromatic N) is 2. The van der Waals surface area contributed by atoms with Crippen LogP contribution in [0.25, 0.3) is 0 Å². The predicted octanol–water partition coefficient (Wildman–Crippen LogP) is 2.60. The van der Waals surface area contributed by atoms with Gasteiger partial charge in [-0.05, 0) is 43.9 Å². The van der Waals surface area contributed by atoms with Gasteiger partial charge in [-0.1, -0.05) is 24.6 Å². The lowest BCUT2D eigenvalue weighted by molar-refractivity contribution is -0.149. The molecule has 0 saturated carbocycles. The van der Waals surface area contributed by atoms with Crippen molar-refractivity contribution in [2.24, 2.45) is 5.92 Å². The first-order valence-corrected chi connectivity index (χ1v) is 11.4. The zero-order valence-corrected chi connectivity index (χ0v) is 18.2. The lowest BCUT2D eigenvalue weighted by atomic mass is 9.96. The monoisotopic (exact) mass is 430 g/mol. The molecule has 0 aliphatic carbocycles. The predicted molar refractivity (Wildman–Crippen MR) is 109 cm³/mol. The Morgan fingerprint density at radius 3 is 2.39 bits per heavy atom. The fourth-order valence-corrected chi connectivity index (χ4v) is 4.85. The molecule has 1 aliphatic rings. The third-order valence-electron chi connectivity index (χ3n) is 5.06. The molecule has 1 atom stereocenters. The van der Waals surface area contributed by atoms with Gasteiger partial charge in [0.1, 0.15) is 6.04 Å². The topological polar surface area (TPSA) is 84.0 Å². The van der Waals surface area contributed by atoms with E-state index in [1.165, 1.54) is 7.11 Å². The van der Waals surface area contributed by atoms with Crippen LogP contribution in [0.5, 0.6) is 0 Å². The van der Waals surface area contributed by atoms with Gasteiger partial charge in [0.2, 0.25) is 15.9 Å². The normalized spacial score (nSPS) is 16.5. The van der Waals surface area contributed by atoms with Gasteiger partial charge in [-0.25, -0.2) is 8.42 Å². The molecule has 9 heteroatoms. The number of amides is 1. The molecule has 2 rings (SSSR count). The number of halogens is 1. The zero-order valence-electron chi connectivity index (χ0n) is 16.6. The Kier molecular flexibility index (Phi) is 7.33. The van der Waals surface area contributed by atoms with Gasteiger partial charge in [-0.15, -0.1) is 0 Å². The maximum atomic E-state index is 13.2. The number of hydrogen-bond donors (Lipinski definition) is 0. The summed E-state index contributed by atoms with van der Waals surface area (Å²) >= 11 is 6.18. The summed E-state index contributed by atoms with van der Waals surface area (Å²) in [5.41, 5.74) is 1.19. The van der Waals surface area contributed by atoms with Gasteiger partial charge in [-0.2, -0.15) is 0 Å². The summed E-state index contributed by atoms with van der Waals surface area (Å²) in [7, 11) is -2.37. The highest BCUT2D eigenvalue weighted by Crippen LogP contribution is 2.29. The first kappa shape index (κ1) is 22.5. The number of aryl methyl sites for hydroxylation is 1. The number of benzene rings is 1. The van der Waals surface area contributed by atoms with Crippen molar-refractivity contribution in [3.8, 4) is 0 Å². The van der Waals surface area contributed by atoms with Crippen LogP contribution in [0, 0.1) is 12.8 Å². The summed E-state index contributed by atoms with van der Waals surface area (Å²) in [5.74, 6) is -0.768. The molecule has 1 heterocycles. The summed E-state index contributed by atoms with van der Waals surface area (Å²) in [5, 5.41) is 0.437. The van der Waals surface area contributed by atoms with E-state index >= 15 is 0 Å². The van der Waals surface area contributed by atoms with Crippen molar-refractivity contribution in [1.82, 2.24) is 4.90 Å². The van der Waals surface area contributed by atoms with E-state index < -0.39 is 16.1 Å². The molecule has 1 aromatic rings. The van der Waals surface area contributed by atoms with Crippen molar-refractivity contribution < 1.29 is 22.7 Å². The van der Waals surface area contributed by atoms with Crippen LogP contribution in [0.2, 0.25) is 5.02 Å². The molecule has 0 bridgehead atoms. The average molecular weight is 431 g/mol. The Morgan fingerprint density at radius 1 is 1.32 bits per heavy atom. The third-order valence-corrected chi connectivity index (χ3v) is 6.65. The number of sulfonamides is 1. The van der Waals surface area contributed by atoms with E-state index in [4.69, 9.17) is 16.3 Å². The lowest BCUT2D eigenvalue weighted by Gasteiger charge is -2.37. The second kappa shape index (κ2) is 9.13. The average Bonchev–Trinajstić information content (AvgIpc) is 2.66. The zero-order chi connectivity index (χ0) is 21.1. The van der Waals surface area contributed by atoms with Crippen LogP contribution in [0.1, 0.15) is 31.7 Å². The number of piperidine rings is 1. The van der Waals surface area contributed by atoms with E-state index in [9.17, 15) is 18.0 Å². The van der Waals surface area contributed by atoms with Crippen LogP contribution >= 0.6 is 11.6 Å². The van der Waals surface area contributed by atoms with Crippen molar-refractivity contribution in [2.45, 2.75) is 39.2 Å². The van der Waals surface area contributed by atoms with Crippen LogP contribution in [-0.2, 0) is 24.3 Å². The van der Waals surface area contributed by atoms with E-state index in [0.29, 0.717) is 43.1 Å². The van der Waals surface area contributed by atoms with Gasteiger partial charge in [0, 0.05) is 18.1 Å². The third kappa shape index (κ3) is 4.97. The Morgan fingerprint density at radius 2 is 1.93 bits per heavy atom. The van der Waals surface area contributed by atoms with Gasteiger partial charge in [-0.3, -0.25) is 13.9 Å². The Balaban J connectivity index is 2.28. The van der Waals surface area contributed by atoms with E-state index in [1.807, 2.05) is 6.92 Å². The highest BCUT2D eigenvalue weighted by atomic mass is 35.5. The summed E-state index contributed by atoms with van der Waals surface area (Å²) in [6, 6.07) is 4.08. The molecule has 28 heavy (non-hydrogen) atoms. The van der Waals surface area contributed by atoms with Crippen LogP contribution in [0.15, 0.2) is 18.2 Å². The van der Waals surface area contributed by atoms with E-state index in [2.05, 4.69) is 0 Å². The molecule has 1 fully saturated rings. The first-order valence-electron chi connectivity index (χ1n) is 9.22. The molecule has 0 spiro atoms. The van der Waals surface area contributed by atoms with Crippen LogP contribution in [0.3, 0.4) is 0 Å². The van der Waals surface area contributed by atoms with Crippen LogP contribution < -0.4 is 4.31 Å². The molecule has 1 amide bonds. The number of methoxy groups -OCH3 is 1. The summed E-state index contributed by atoms with van der Waals surface area (Å²) in [6.45, 7) is 4.38. The molecule has 0 aromatic heterocycles. The molecular weight excluding hydrogens is 404 g/mol. The second-order valence-electron chi connectivity index (χ2n) is 7.04. The van der Waals surface area contributed by atoms with Gasteiger partial charge < -0.3 is 9.64 Å². The minimum atomic E-state index is -3.72. The largest absolute Gasteiger partial charge is 0.469 e. The minimum Gasteiger partial charge on any atom is -0.469 e.